The first kappa shape index (κ1) is 15.0. The fourth-order valence-corrected chi connectivity index (χ4v) is 2.95. The lowest BCUT2D eigenvalue weighted by Gasteiger charge is -2.36. The van der Waals surface area contributed by atoms with Crippen LogP contribution in [0, 0.1) is 0 Å². The summed E-state index contributed by atoms with van der Waals surface area (Å²) in [5.41, 5.74) is 2.83. The molecule has 0 bridgehead atoms. The molecule has 0 unspecified atom stereocenters. The maximum absolute atomic E-state index is 11.7. The van der Waals surface area contributed by atoms with Crippen LogP contribution in [0.25, 0.3) is 0 Å². The Morgan fingerprint density at radius 1 is 1.27 bits per heavy atom. The molecule has 1 fully saturated rings. The smallest absolute Gasteiger partial charge is 0.407 e. The maximum Gasteiger partial charge on any atom is 0.407 e. The number of carbonyl (C=O) groups is 1. The Morgan fingerprint density at radius 2 is 2.09 bits per heavy atom. The van der Waals surface area contributed by atoms with Crippen LogP contribution in [0.15, 0.2) is 42.0 Å². The number of nitrogens with one attached hydrogen (secondary N) is 2. The second-order valence-electron chi connectivity index (χ2n) is 5.42. The number of nitrogens with zero attached hydrogens (tertiary/aromatic N) is 1. The van der Waals surface area contributed by atoms with Crippen molar-refractivity contribution < 1.29 is 9.53 Å². The van der Waals surface area contributed by atoms with E-state index < -0.39 is 0 Å². The zero-order valence-corrected chi connectivity index (χ0v) is 13.0. The molecule has 2 aromatic rings. The quantitative estimate of drug-likeness (QED) is 0.860. The summed E-state index contributed by atoms with van der Waals surface area (Å²) < 4.78 is 5.21. The van der Waals surface area contributed by atoms with Gasteiger partial charge in [0.2, 0.25) is 0 Å². The molecule has 0 atom stereocenters. The molecule has 22 heavy (non-hydrogen) atoms. The molecule has 1 amide bonds. The van der Waals surface area contributed by atoms with Gasteiger partial charge in [-0.1, -0.05) is 30.3 Å². The number of aromatic nitrogens is 1. The maximum atomic E-state index is 11.7. The molecule has 2 N–H and O–H groups in total. The van der Waals surface area contributed by atoms with Crippen LogP contribution in [0.5, 0.6) is 0 Å². The molecule has 3 rings (SSSR count). The van der Waals surface area contributed by atoms with Gasteiger partial charge in [0.1, 0.15) is 6.61 Å². The molecular formula is C16H19N3O2S. The molecule has 0 radical (unpaired) electrons. The second-order valence-corrected chi connectivity index (χ2v) is 6.39. The standard InChI is InChI=1S/C16H19N3O2S/c20-16(21-10-12-4-2-1-3-5-12)19-14-6-13(7-14)18-9-15-8-17-11-22-15/h1-5,8,11,13-14,18H,6-7,9-10H2,(H,19,20). The Bertz CT molecular complexity index is 583. The van der Waals surface area contributed by atoms with E-state index in [1.807, 2.05) is 42.0 Å². The van der Waals surface area contributed by atoms with Crippen molar-refractivity contribution in [3.05, 3.63) is 52.5 Å². The minimum Gasteiger partial charge on any atom is -0.445 e. The fraction of sp³-hybridized carbons (Fsp3) is 0.375. The van der Waals surface area contributed by atoms with Gasteiger partial charge in [-0.25, -0.2) is 4.79 Å². The van der Waals surface area contributed by atoms with E-state index in [4.69, 9.17) is 4.74 Å². The lowest BCUT2D eigenvalue weighted by molar-refractivity contribution is 0.125. The lowest BCUT2D eigenvalue weighted by Crippen LogP contribution is -2.52. The summed E-state index contributed by atoms with van der Waals surface area (Å²) >= 11 is 1.65. The first-order valence-corrected chi connectivity index (χ1v) is 8.25. The van der Waals surface area contributed by atoms with Crippen molar-refractivity contribution >= 4 is 17.4 Å². The van der Waals surface area contributed by atoms with Gasteiger partial charge in [-0.05, 0) is 18.4 Å². The Labute approximate surface area is 133 Å². The molecule has 6 heteroatoms. The number of thiazole rings is 1. The molecule has 1 saturated carbocycles. The predicted octanol–water partition coefficient (Wildman–Crippen LogP) is 2.69. The molecular weight excluding hydrogens is 298 g/mol. The highest BCUT2D eigenvalue weighted by Gasteiger charge is 2.30. The number of alkyl carbamates (subject to hydrolysis) is 1. The number of ether oxygens (including phenoxy) is 1. The summed E-state index contributed by atoms with van der Waals surface area (Å²) in [4.78, 5) is 17.0. The molecule has 1 aliphatic carbocycles. The van der Waals surface area contributed by atoms with Gasteiger partial charge in [0.05, 0.1) is 5.51 Å². The molecule has 116 valence electrons. The monoisotopic (exact) mass is 317 g/mol. The van der Waals surface area contributed by atoms with E-state index in [-0.39, 0.29) is 12.1 Å². The van der Waals surface area contributed by atoms with E-state index in [1.54, 1.807) is 11.3 Å². The summed E-state index contributed by atoms with van der Waals surface area (Å²) in [7, 11) is 0. The van der Waals surface area contributed by atoms with Crippen molar-refractivity contribution in [3.63, 3.8) is 0 Å². The van der Waals surface area contributed by atoms with Crippen LogP contribution < -0.4 is 10.6 Å². The van der Waals surface area contributed by atoms with Crippen molar-refractivity contribution in [2.24, 2.45) is 0 Å². The van der Waals surface area contributed by atoms with Gasteiger partial charge >= 0.3 is 6.09 Å². The van der Waals surface area contributed by atoms with Gasteiger partial charge in [0.15, 0.2) is 0 Å². The Kier molecular flexibility index (Phi) is 5.03. The highest BCUT2D eigenvalue weighted by atomic mass is 32.1. The van der Waals surface area contributed by atoms with Crippen LogP contribution in [0.4, 0.5) is 4.79 Å². The summed E-state index contributed by atoms with van der Waals surface area (Å²) in [5, 5.41) is 6.36. The highest BCUT2D eigenvalue weighted by Crippen LogP contribution is 2.21. The average molecular weight is 317 g/mol. The van der Waals surface area contributed by atoms with Gasteiger partial charge in [0, 0.05) is 29.7 Å². The second kappa shape index (κ2) is 7.38. The van der Waals surface area contributed by atoms with Crippen LogP contribution in [-0.2, 0) is 17.9 Å². The Balaban J connectivity index is 1.29. The van der Waals surface area contributed by atoms with E-state index in [1.165, 1.54) is 4.88 Å². The number of hydrogen-bond donors (Lipinski definition) is 2. The topological polar surface area (TPSA) is 63.2 Å². The molecule has 0 spiro atoms. The van der Waals surface area contributed by atoms with Crippen LogP contribution >= 0.6 is 11.3 Å². The Hall–Kier alpha value is -1.92. The van der Waals surface area contributed by atoms with E-state index in [9.17, 15) is 4.79 Å². The first-order valence-electron chi connectivity index (χ1n) is 7.37. The van der Waals surface area contributed by atoms with Crippen molar-refractivity contribution in [1.82, 2.24) is 15.6 Å². The van der Waals surface area contributed by atoms with Crippen LogP contribution in [0.3, 0.4) is 0 Å². The Morgan fingerprint density at radius 3 is 2.82 bits per heavy atom. The van der Waals surface area contributed by atoms with Crippen molar-refractivity contribution in [1.29, 1.82) is 0 Å². The fourth-order valence-electron chi connectivity index (χ4n) is 2.41. The highest BCUT2D eigenvalue weighted by molar-refractivity contribution is 7.09. The third-order valence-electron chi connectivity index (χ3n) is 3.72. The number of rotatable bonds is 6. The third-order valence-corrected chi connectivity index (χ3v) is 4.50. The normalized spacial score (nSPS) is 20.2. The lowest BCUT2D eigenvalue weighted by atomic mass is 9.87. The molecule has 1 heterocycles. The third kappa shape index (κ3) is 4.29. The van der Waals surface area contributed by atoms with E-state index >= 15 is 0 Å². The van der Waals surface area contributed by atoms with E-state index in [2.05, 4.69) is 15.6 Å². The molecule has 5 nitrogen and oxygen atoms in total. The number of carbonyl (C=O) groups excluding carboxylic acids is 1. The van der Waals surface area contributed by atoms with Crippen molar-refractivity contribution in [2.75, 3.05) is 0 Å². The number of amides is 1. The zero-order valence-electron chi connectivity index (χ0n) is 12.2. The van der Waals surface area contributed by atoms with Crippen LogP contribution in [0.1, 0.15) is 23.3 Å². The molecule has 1 aliphatic rings. The molecule has 1 aromatic carbocycles. The number of hydrogen-bond acceptors (Lipinski definition) is 5. The summed E-state index contributed by atoms with van der Waals surface area (Å²) in [6.45, 7) is 1.16. The molecule has 1 aromatic heterocycles. The number of benzene rings is 1. The minimum absolute atomic E-state index is 0.210. The molecule has 0 aliphatic heterocycles. The van der Waals surface area contributed by atoms with E-state index in [0.29, 0.717) is 12.6 Å². The predicted molar refractivity (Wildman–Crippen MR) is 85.5 cm³/mol. The van der Waals surface area contributed by atoms with Crippen LogP contribution in [0.2, 0.25) is 0 Å². The van der Waals surface area contributed by atoms with E-state index in [0.717, 1.165) is 24.9 Å². The van der Waals surface area contributed by atoms with Gasteiger partial charge in [-0.15, -0.1) is 11.3 Å². The van der Waals surface area contributed by atoms with Crippen molar-refractivity contribution in [3.8, 4) is 0 Å². The SMILES string of the molecule is O=C(NC1CC(NCc2cncs2)C1)OCc1ccccc1. The minimum atomic E-state index is -0.338. The molecule has 0 saturated heterocycles. The zero-order chi connectivity index (χ0) is 15.2. The van der Waals surface area contributed by atoms with Crippen LogP contribution in [-0.4, -0.2) is 23.2 Å². The average Bonchev–Trinajstić information content (AvgIpc) is 3.01. The summed E-state index contributed by atoms with van der Waals surface area (Å²) in [6.07, 6.45) is 3.43. The van der Waals surface area contributed by atoms with Gasteiger partial charge in [-0.2, -0.15) is 0 Å². The van der Waals surface area contributed by atoms with Gasteiger partial charge < -0.3 is 15.4 Å². The summed E-state index contributed by atoms with van der Waals surface area (Å²) in [5.74, 6) is 0. The first-order chi connectivity index (χ1) is 10.8. The van der Waals surface area contributed by atoms with Crippen molar-refractivity contribution in [2.45, 2.75) is 38.1 Å². The van der Waals surface area contributed by atoms with Gasteiger partial charge in [0.25, 0.3) is 0 Å². The largest absolute Gasteiger partial charge is 0.445 e. The van der Waals surface area contributed by atoms with Gasteiger partial charge in [-0.3, -0.25) is 4.98 Å². The summed E-state index contributed by atoms with van der Waals surface area (Å²) in [6, 6.07) is 10.4.